The molecule has 0 radical (unpaired) electrons. The van der Waals surface area contributed by atoms with Crippen LogP contribution in [0.3, 0.4) is 0 Å². The number of carbonyl (C=O) groups is 1. The highest BCUT2D eigenvalue weighted by atomic mass is 16.3. The van der Waals surface area contributed by atoms with E-state index in [1.165, 1.54) is 0 Å². The molecule has 2 aromatic carbocycles. The van der Waals surface area contributed by atoms with Gasteiger partial charge in [-0.25, -0.2) is 4.79 Å². The van der Waals surface area contributed by atoms with Crippen LogP contribution in [0.4, 0.5) is 4.79 Å². The molecule has 5 nitrogen and oxygen atoms in total. The monoisotopic (exact) mass is 314 g/mol. The Kier molecular flexibility index (Phi) is 6.44. The fraction of sp³-hybridized carbons (Fsp3) is 0.278. The Morgan fingerprint density at radius 3 is 2.35 bits per heavy atom. The summed E-state index contributed by atoms with van der Waals surface area (Å²) in [4.78, 5) is 11.9. The van der Waals surface area contributed by atoms with Gasteiger partial charge >= 0.3 is 6.03 Å². The van der Waals surface area contributed by atoms with Crippen LogP contribution in [-0.4, -0.2) is 29.4 Å². The highest BCUT2D eigenvalue weighted by Gasteiger charge is 2.12. The van der Waals surface area contributed by atoms with E-state index in [0.717, 1.165) is 11.1 Å². The zero-order valence-electron chi connectivity index (χ0n) is 12.9. The predicted molar refractivity (Wildman–Crippen MR) is 89.2 cm³/mol. The maximum absolute atomic E-state index is 11.9. The molecule has 23 heavy (non-hydrogen) atoms. The van der Waals surface area contributed by atoms with E-state index >= 15 is 0 Å². The molecule has 0 fully saturated rings. The summed E-state index contributed by atoms with van der Waals surface area (Å²) in [6.45, 7) is 0.935. The smallest absolute Gasteiger partial charge is 0.315 e. The normalized spacial score (nSPS) is 11.7. The zero-order valence-corrected chi connectivity index (χ0v) is 12.9. The van der Waals surface area contributed by atoms with Gasteiger partial charge in [-0.1, -0.05) is 42.5 Å². The van der Waals surface area contributed by atoms with Crippen molar-refractivity contribution >= 4 is 6.03 Å². The standard InChI is InChI=1S/C18H22N2O3/c21-11-10-16(15-4-2-1-3-5-15)13-20-18(23)19-12-14-6-8-17(22)9-7-14/h1-9,16,21-22H,10-13H2,(H2,19,20,23). The molecule has 0 aromatic heterocycles. The van der Waals surface area contributed by atoms with Gasteiger partial charge in [-0.2, -0.15) is 0 Å². The van der Waals surface area contributed by atoms with E-state index in [9.17, 15) is 15.0 Å². The SMILES string of the molecule is O=C(NCc1ccc(O)cc1)NCC(CCO)c1ccccc1. The van der Waals surface area contributed by atoms with Gasteiger partial charge in [0.2, 0.25) is 0 Å². The molecular weight excluding hydrogens is 292 g/mol. The molecule has 0 aliphatic heterocycles. The first-order valence-corrected chi connectivity index (χ1v) is 7.64. The van der Waals surface area contributed by atoms with Gasteiger partial charge in [-0.3, -0.25) is 0 Å². The fourth-order valence-corrected chi connectivity index (χ4v) is 2.34. The van der Waals surface area contributed by atoms with Crippen molar-refractivity contribution in [3.63, 3.8) is 0 Å². The summed E-state index contributed by atoms with van der Waals surface area (Å²) < 4.78 is 0. The maximum atomic E-state index is 11.9. The Morgan fingerprint density at radius 2 is 1.70 bits per heavy atom. The van der Waals surface area contributed by atoms with Gasteiger partial charge in [0.25, 0.3) is 0 Å². The van der Waals surface area contributed by atoms with Crippen molar-refractivity contribution in [2.24, 2.45) is 0 Å². The molecule has 0 saturated carbocycles. The number of nitrogens with one attached hydrogen (secondary N) is 2. The van der Waals surface area contributed by atoms with Crippen molar-refractivity contribution in [2.45, 2.75) is 18.9 Å². The summed E-state index contributed by atoms with van der Waals surface area (Å²) in [5, 5.41) is 24.0. The average Bonchev–Trinajstić information content (AvgIpc) is 2.59. The Morgan fingerprint density at radius 1 is 1.00 bits per heavy atom. The van der Waals surface area contributed by atoms with Gasteiger partial charge in [-0.15, -0.1) is 0 Å². The topological polar surface area (TPSA) is 81.6 Å². The maximum Gasteiger partial charge on any atom is 0.315 e. The zero-order chi connectivity index (χ0) is 16.5. The third-order valence-electron chi connectivity index (χ3n) is 3.65. The van der Waals surface area contributed by atoms with Crippen molar-refractivity contribution in [2.75, 3.05) is 13.2 Å². The molecule has 122 valence electrons. The third kappa shape index (κ3) is 5.64. The van der Waals surface area contributed by atoms with Crippen LogP contribution in [0.5, 0.6) is 5.75 Å². The first-order chi connectivity index (χ1) is 11.2. The van der Waals surface area contributed by atoms with Crippen molar-refractivity contribution < 1.29 is 15.0 Å². The fourth-order valence-electron chi connectivity index (χ4n) is 2.34. The summed E-state index contributed by atoms with van der Waals surface area (Å²) in [6, 6.07) is 16.3. The number of benzene rings is 2. The number of carbonyl (C=O) groups excluding carboxylic acids is 1. The molecule has 0 saturated heterocycles. The molecule has 0 heterocycles. The van der Waals surface area contributed by atoms with Gasteiger partial charge in [-0.05, 0) is 29.7 Å². The van der Waals surface area contributed by atoms with Gasteiger partial charge < -0.3 is 20.8 Å². The summed E-state index contributed by atoms with van der Waals surface area (Å²) in [7, 11) is 0. The van der Waals surface area contributed by atoms with Gasteiger partial charge in [0.05, 0.1) is 0 Å². The van der Waals surface area contributed by atoms with Crippen LogP contribution >= 0.6 is 0 Å². The molecule has 2 rings (SSSR count). The molecule has 2 aromatic rings. The number of urea groups is 1. The minimum Gasteiger partial charge on any atom is -0.508 e. The lowest BCUT2D eigenvalue weighted by molar-refractivity contribution is 0.237. The van der Waals surface area contributed by atoms with Gasteiger partial charge in [0.15, 0.2) is 0 Å². The summed E-state index contributed by atoms with van der Waals surface area (Å²) in [5.74, 6) is 0.286. The molecule has 0 aliphatic rings. The van der Waals surface area contributed by atoms with Crippen LogP contribution in [0.1, 0.15) is 23.5 Å². The molecule has 1 atom stereocenters. The van der Waals surface area contributed by atoms with E-state index in [1.807, 2.05) is 30.3 Å². The first-order valence-electron chi connectivity index (χ1n) is 7.64. The summed E-state index contributed by atoms with van der Waals surface area (Å²) >= 11 is 0. The van der Waals surface area contributed by atoms with Crippen LogP contribution < -0.4 is 10.6 Å². The number of rotatable bonds is 7. The minimum absolute atomic E-state index is 0.0797. The lowest BCUT2D eigenvalue weighted by Crippen LogP contribution is -2.37. The summed E-state index contributed by atoms with van der Waals surface area (Å²) in [6.07, 6.45) is 0.599. The second-order valence-electron chi connectivity index (χ2n) is 5.35. The van der Waals surface area contributed by atoms with Crippen LogP contribution in [0.2, 0.25) is 0 Å². The average molecular weight is 314 g/mol. The largest absolute Gasteiger partial charge is 0.508 e. The Hall–Kier alpha value is -2.53. The molecule has 0 aliphatic carbocycles. The lowest BCUT2D eigenvalue weighted by atomic mass is 9.96. The molecule has 2 amide bonds. The van der Waals surface area contributed by atoms with Crippen molar-refractivity contribution in [1.29, 1.82) is 0 Å². The van der Waals surface area contributed by atoms with Gasteiger partial charge in [0, 0.05) is 25.6 Å². The highest BCUT2D eigenvalue weighted by Crippen LogP contribution is 2.18. The molecule has 0 spiro atoms. The van der Waals surface area contributed by atoms with Crippen molar-refractivity contribution in [1.82, 2.24) is 10.6 Å². The van der Waals surface area contributed by atoms with E-state index in [-0.39, 0.29) is 24.3 Å². The first kappa shape index (κ1) is 16.8. The van der Waals surface area contributed by atoms with Crippen LogP contribution in [0.15, 0.2) is 54.6 Å². The van der Waals surface area contributed by atoms with Crippen molar-refractivity contribution in [3.05, 3.63) is 65.7 Å². The highest BCUT2D eigenvalue weighted by molar-refractivity contribution is 5.73. The number of amides is 2. The van der Waals surface area contributed by atoms with Crippen LogP contribution in [0.25, 0.3) is 0 Å². The number of aliphatic hydroxyl groups is 1. The summed E-state index contributed by atoms with van der Waals surface area (Å²) in [5.41, 5.74) is 2.01. The number of aliphatic hydroxyl groups excluding tert-OH is 1. The number of phenols is 1. The van der Waals surface area contributed by atoms with Gasteiger partial charge in [0.1, 0.15) is 5.75 Å². The molecule has 5 heteroatoms. The Labute approximate surface area is 136 Å². The Bertz CT molecular complexity index is 599. The number of hydrogen-bond donors (Lipinski definition) is 4. The predicted octanol–water partition coefficient (Wildman–Crippen LogP) is 2.36. The van der Waals surface area contributed by atoms with Crippen molar-refractivity contribution in [3.8, 4) is 5.75 Å². The van der Waals surface area contributed by atoms with Crippen LogP contribution in [0, 0.1) is 0 Å². The number of aromatic hydroxyl groups is 1. The van der Waals surface area contributed by atoms with E-state index in [2.05, 4.69) is 10.6 Å². The van der Waals surface area contributed by atoms with E-state index in [0.29, 0.717) is 19.5 Å². The second-order valence-corrected chi connectivity index (χ2v) is 5.35. The van der Waals surface area contributed by atoms with E-state index in [1.54, 1.807) is 24.3 Å². The minimum atomic E-state index is -0.253. The quantitative estimate of drug-likeness (QED) is 0.633. The van der Waals surface area contributed by atoms with Crippen LogP contribution in [-0.2, 0) is 6.54 Å². The lowest BCUT2D eigenvalue weighted by Gasteiger charge is -2.17. The van der Waals surface area contributed by atoms with E-state index < -0.39 is 0 Å². The molecular formula is C18H22N2O3. The van der Waals surface area contributed by atoms with E-state index in [4.69, 9.17) is 0 Å². The Balaban J connectivity index is 1.80. The third-order valence-corrected chi connectivity index (χ3v) is 3.65. The molecule has 1 unspecified atom stereocenters. The second kappa shape index (κ2) is 8.80. The number of phenolic OH excluding ortho intramolecular Hbond substituents is 1. The molecule has 0 bridgehead atoms. The molecule has 4 N–H and O–H groups in total. The number of hydrogen-bond acceptors (Lipinski definition) is 3.